The fourth-order valence-corrected chi connectivity index (χ4v) is 3.08. The van der Waals surface area contributed by atoms with Gasteiger partial charge >= 0.3 is 0 Å². The number of hydrogen-bond acceptors (Lipinski definition) is 4. The first-order chi connectivity index (χ1) is 15.9. The third kappa shape index (κ3) is 6.56. The number of anilines is 2. The zero-order valence-corrected chi connectivity index (χ0v) is 18.5. The predicted molar refractivity (Wildman–Crippen MR) is 126 cm³/mol. The van der Waals surface area contributed by atoms with Crippen molar-refractivity contribution in [3.63, 3.8) is 0 Å². The quantitative estimate of drug-likeness (QED) is 0.333. The molecule has 0 bridgehead atoms. The van der Waals surface area contributed by atoms with Crippen molar-refractivity contribution in [3.8, 4) is 11.8 Å². The molecule has 166 valence electrons. The van der Waals surface area contributed by atoms with Crippen molar-refractivity contribution in [1.29, 1.82) is 5.26 Å². The highest BCUT2D eigenvalue weighted by molar-refractivity contribution is 6.34. The first-order valence-corrected chi connectivity index (χ1v) is 10.3. The number of nitrogens with zero attached hydrogens (tertiary/aromatic N) is 1. The third-order valence-electron chi connectivity index (χ3n) is 4.27. The lowest BCUT2D eigenvalue weighted by molar-refractivity contribution is -0.118. The predicted octanol–water partition coefficient (Wildman–Crippen LogP) is 5.70. The topological polar surface area (TPSA) is 91.2 Å². The van der Waals surface area contributed by atoms with Gasteiger partial charge in [0.25, 0.3) is 11.8 Å². The molecule has 3 aromatic rings. The highest BCUT2D eigenvalue weighted by atomic mass is 35.5. The molecule has 0 saturated carbocycles. The summed E-state index contributed by atoms with van der Waals surface area (Å²) in [7, 11) is 0. The SMILES string of the molecule is N#CC(=Cc1cc(Cl)ccc1OCC(=O)Nc1ccccc1F)C(=O)Nc1ccccc1Cl. The smallest absolute Gasteiger partial charge is 0.266 e. The molecule has 2 N–H and O–H groups in total. The second-order valence-electron chi connectivity index (χ2n) is 6.60. The largest absolute Gasteiger partial charge is 0.483 e. The Morgan fingerprint density at radius 3 is 2.39 bits per heavy atom. The Hall–Kier alpha value is -3.86. The minimum Gasteiger partial charge on any atom is -0.483 e. The molecular weight excluding hydrogens is 468 g/mol. The second kappa shape index (κ2) is 11.1. The van der Waals surface area contributed by atoms with Gasteiger partial charge in [0.2, 0.25) is 0 Å². The van der Waals surface area contributed by atoms with Crippen LogP contribution in [0.25, 0.3) is 6.08 Å². The second-order valence-corrected chi connectivity index (χ2v) is 7.45. The molecule has 0 aliphatic heterocycles. The van der Waals surface area contributed by atoms with Crippen molar-refractivity contribution in [3.05, 3.63) is 93.7 Å². The number of nitriles is 1. The van der Waals surface area contributed by atoms with E-state index < -0.39 is 24.2 Å². The number of amides is 2. The Balaban J connectivity index is 1.76. The number of halogens is 3. The normalized spacial score (nSPS) is 10.8. The molecule has 0 spiro atoms. The fraction of sp³-hybridized carbons (Fsp3) is 0.0417. The van der Waals surface area contributed by atoms with Crippen LogP contribution in [0.15, 0.2) is 72.3 Å². The standard InChI is InChI=1S/C24H16Cl2FN3O3/c25-17-9-10-22(33-14-23(31)29-21-8-4-2-6-19(21)27)15(12-17)11-16(13-28)24(32)30-20-7-3-1-5-18(20)26/h1-12H,14H2,(H,29,31)(H,30,32). The van der Waals surface area contributed by atoms with E-state index in [1.165, 1.54) is 42.5 Å². The van der Waals surface area contributed by atoms with Crippen LogP contribution in [0.1, 0.15) is 5.56 Å². The monoisotopic (exact) mass is 483 g/mol. The van der Waals surface area contributed by atoms with Gasteiger partial charge in [-0.15, -0.1) is 0 Å². The van der Waals surface area contributed by atoms with Crippen molar-refractivity contribution in [1.82, 2.24) is 0 Å². The molecule has 33 heavy (non-hydrogen) atoms. The van der Waals surface area contributed by atoms with E-state index in [4.69, 9.17) is 27.9 Å². The van der Waals surface area contributed by atoms with Crippen LogP contribution in [0.4, 0.5) is 15.8 Å². The van der Waals surface area contributed by atoms with Crippen LogP contribution in [0, 0.1) is 17.1 Å². The molecule has 6 nitrogen and oxygen atoms in total. The minimum atomic E-state index is -0.686. The summed E-state index contributed by atoms with van der Waals surface area (Å²) in [6, 6.07) is 18.6. The molecule has 0 aromatic heterocycles. The Kier molecular flexibility index (Phi) is 8.03. The van der Waals surface area contributed by atoms with Gasteiger partial charge in [-0.1, -0.05) is 47.5 Å². The number of para-hydroxylation sites is 2. The summed E-state index contributed by atoms with van der Waals surface area (Å²) in [5.74, 6) is -1.67. The molecule has 0 aliphatic rings. The number of nitrogens with one attached hydrogen (secondary N) is 2. The maximum atomic E-state index is 13.7. The lowest BCUT2D eigenvalue weighted by Crippen LogP contribution is -2.21. The molecule has 9 heteroatoms. The van der Waals surface area contributed by atoms with Crippen molar-refractivity contribution >= 4 is 52.5 Å². The van der Waals surface area contributed by atoms with Gasteiger partial charge in [-0.3, -0.25) is 9.59 Å². The average molecular weight is 484 g/mol. The van der Waals surface area contributed by atoms with Crippen LogP contribution in [-0.2, 0) is 9.59 Å². The highest BCUT2D eigenvalue weighted by Crippen LogP contribution is 2.26. The summed E-state index contributed by atoms with van der Waals surface area (Å²) < 4.78 is 19.2. The lowest BCUT2D eigenvalue weighted by Gasteiger charge is -2.11. The van der Waals surface area contributed by atoms with Gasteiger partial charge in [0.05, 0.1) is 16.4 Å². The summed E-state index contributed by atoms with van der Waals surface area (Å²) in [5, 5.41) is 15.1. The van der Waals surface area contributed by atoms with Gasteiger partial charge in [-0.25, -0.2) is 4.39 Å². The van der Waals surface area contributed by atoms with Crippen LogP contribution in [0.2, 0.25) is 10.0 Å². The fourth-order valence-electron chi connectivity index (χ4n) is 2.71. The number of carbonyl (C=O) groups is 2. The van der Waals surface area contributed by atoms with Crippen molar-refractivity contribution < 1.29 is 18.7 Å². The Morgan fingerprint density at radius 2 is 1.70 bits per heavy atom. The number of ether oxygens (including phenoxy) is 1. The summed E-state index contributed by atoms with van der Waals surface area (Å²) in [5.41, 5.74) is 0.424. The van der Waals surface area contributed by atoms with Gasteiger partial charge < -0.3 is 15.4 Å². The summed E-state index contributed by atoms with van der Waals surface area (Å²) in [4.78, 5) is 24.7. The van der Waals surface area contributed by atoms with E-state index in [1.807, 2.05) is 6.07 Å². The summed E-state index contributed by atoms with van der Waals surface area (Å²) in [6.07, 6.45) is 1.28. The molecule has 0 saturated heterocycles. The highest BCUT2D eigenvalue weighted by Gasteiger charge is 2.14. The van der Waals surface area contributed by atoms with Crippen LogP contribution in [0.5, 0.6) is 5.75 Å². The molecule has 0 unspecified atom stereocenters. The van der Waals surface area contributed by atoms with Gasteiger partial charge in [0.1, 0.15) is 23.2 Å². The minimum absolute atomic E-state index is 0.0188. The van der Waals surface area contributed by atoms with E-state index in [2.05, 4.69) is 10.6 Å². The van der Waals surface area contributed by atoms with Gasteiger partial charge in [-0.2, -0.15) is 5.26 Å². The number of hydrogen-bond donors (Lipinski definition) is 2. The maximum absolute atomic E-state index is 13.7. The van der Waals surface area contributed by atoms with Gasteiger partial charge in [0.15, 0.2) is 6.61 Å². The van der Waals surface area contributed by atoms with Crippen LogP contribution >= 0.6 is 23.2 Å². The molecule has 0 fully saturated rings. The van der Waals surface area contributed by atoms with Gasteiger partial charge in [-0.05, 0) is 48.5 Å². The van der Waals surface area contributed by atoms with Gasteiger partial charge in [0, 0.05) is 10.6 Å². The Bertz CT molecular complexity index is 1270. The molecule has 0 atom stereocenters. The van der Waals surface area contributed by atoms with Crippen LogP contribution in [-0.4, -0.2) is 18.4 Å². The van der Waals surface area contributed by atoms with Crippen LogP contribution < -0.4 is 15.4 Å². The molecule has 0 heterocycles. The van der Waals surface area contributed by atoms with E-state index in [9.17, 15) is 19.2 Å². The molecule has 0 radical (unpaired) electrons. The summed E-state index contributed by atoms with van der Waals surface area (Å²) in [6.45, 7) is -0.440. The van der Waals surface area contributed by atoms with E-state index >= 15 is 0 Å². The molecule has 2 amide bonds. The molecule has 0 aliphatic carbocycles. The van der Waals surface area contributed by atoms with Crippen molar-refractivity contribution in [2.75, 3.05) is 17.2 Å². The van der Waals surface area contributed by atoms with Crippen LogP contribution in [0.3, 0.4) is 0 Å². The van der Waals surface area contributed by atoms with E-state index in [1.54, 1.807) is 30.3 Å². The number of carbonyl (C=O) groups excluding carboxylic acids is 2. The number of benzene rings is 3. The van der Waals surface area contributed by atoms with E-state index in [0.29, 0.717) is 21.3 Å². The zero-order chi connectivity index (χ0) is 23.8. The number of rotatable bonds is 7. The van der Waals surface area contributed by atoms with E-state index in [0.717, 1.165) is 0 Å². The van der Waals surface area contributed by atoms with Crippen molar-refractivity contribution in [2.24, 2.45) is 0 Å². The third-order valence-corrected chi connectivity index (χ3v) is 4.83. The Labute approximate surface area is 199 Å². The first-order valence-electron chi connectivity index (χ1n) is 9.52. The molecule has 3 rings (SSSR count). The maximum Gasteiger partial charge on any atom is 0.266 e. The summed E-state index contributed by atoms with van der Waals surface area (Å²) >= 11 is 12.1. The first kappa shape index (κ1) is 23.8. The Morgan fingerprint density at radius 1 is 1.00 bits per heavy atom. The zero-order valence-electron chi connectivity index (χ0n) is 16.9. The van der Waals surface area contributed by atoms with E-state index in [-0.39, 0.29) is 17.0 Å². The molecule has 3 aromatic carbocycles. The average Bonchev–Trinajstić information content (AvgIpc) is 2.79. The lowest BCUT2D eigenvalue weighted by atomic mass is 10.1. The molecular formula is C24H16Cl2FN3O3. The van der Waals surface area contributed by atoms with Crippen molar-refractivity contribution in [2.45, 2.75) is 0 Å².